The van der Waals surface area contributed by atoms with Gasteiger partial charge in [0.2, 0.25) is 5.91 Å². The largest absolute Gasteiger partial charge is 0.395 e. The number of nitrogens with one attached hydrogen (secondary N) is 1. The van der Waals surface area contributed by atoms with Crippen molar-refractivity contribution in [3.05, 3.63) is 35.4 Å². The van der Waals surface area contributed by atoms with Crippen molar-refractivity contribution in [3.8, 4) is 11.8 Å². The summed E-state index contributed by atoms with van der Waals surface area (Å²) in [6, 6.07) is 6.52. The number of carbonyl (C=O) groups excluding carboxylic acids is 2. The fraction of sp³-hybridized carbons (Fsp3) is 0.375. The summed E-state index contributed by atoms with van der Waals surface area (Å²) in [5.74, 6) is 5.47. The highest BCUT2D eigenvalue weighted by atomic mass is 16.2. The molecule has 0 saturated carbocycles. The molecule has 5 heteroatoms. The zero-order valence-electron chi connectivity index (χ0n) is 11.9. The monoisotopic (exact) mass is 286 g/mol. The van der Waals surface area contributed by atoms with E-state index < -0.39 is 6.04 Å². The van der Waals surface area contributed by atoms with Crippen LogP contribution in [-0.4, -0.2) is 47.6 Å². The van der Waals surface area contributed by atoms with E-state index in [9.17, 15) is 9.59 Å². The minimum absolute atomic E-state index is 0.0402. The molecule has 1 aliphatic rings. The second-order valence-electron chi connectivity index (χ2n) is 4.82. The lowest BCUT2D eigenvalue weighted by molar-refractivity contribution is -0.127. The highest BCUT2D eigenvalue weighted by Crippen LogP contribution is 2.12. The van der Waals surface area contributed by atoms with E-state index in [2.05, 4.69) is 17.2 Å². The maximum atomic E-state index is 12.4. The van der Waals surface area contributed by atoms with Crippen molar-refractivity contribution in [2.24, 2.45) is 0 Å². The number of hydrogen-bond acceptors (Lipinski definition) is 3. The second kappa shape index (κ2) is 6.91. The van der Waals surface area contributed by atoms with Crippen LogP contribution in [0.2, 0.25) is 0 Å². The molecule has 5 nitrogen and oxygen atoms in total. The molecule has 110 valence electrons. The molecule has 0 spiro atoms. The molecule has 0 bridgehead atoms. The molecule has 1 aliphatic heterocycles. The Labute approximate surface area is 124 Å². The summed E-state index contributed by atoms with van der Waals surface area (Å²) in [6.45, 7) is 2.77. The van der Waals surface area contributed by atoms with Gasteiger partial charge >= 0.3 is 0 Å². The highest BCUT2D eigenvalue weighted by molar-refractivity contribution is 5.98. The van der Waals surface area contributed by atoms with Gasteiger partial charge in [-0.2, -0.15) is 0 Å². The summed E-state index contributed by atoms with van der Waals surface area (Å²) < 4.78 is 0. The van der Waals surface area contributed by atoms with Crippen LogP contribution in [0.4, 0.5) is 0 Å². The molecule has 2 rings (SSSR count). The van der Waals surface area contributed by atoms with E-state index in [0.29, 0.717) is 25.1 Å². The predicted molar refractivity (Wildman–Crippen MR) is 78.5 cm³/mol. The van der Waals surface area contributed by atoms with Crippen molar-refractivity contribution < 1.29 is 14.7 Å². The van der Waals surface area contributed by atoms with E-state index in [0.717, 1.165) is 5.56 Å². The first-order chi connectivity index (χ1) is 10.1. The lowest BCUT2D eigenvalue weighted by Crippen LogP contribution is -2.55. The first-order valence-electron chi connectivity index (χ1n) is 6.92. The maximum absolute atomic E-state index is 12.4. The van der Waals surface area contributed by atoms with Crippen molar-refractivity contribution in [3.63, 3.8) is 0 Å². The van der Waals surface area contributed by atoms with Crippen molar-refractivity contribution in [1.82, 2.24) is 10.2 Å². The number of nitrogens with zero attached hydrogens (tertiary/aromatic N) is 1. The smallest absolute Gasteiger partial charge is 0.254 e. The molecule has 1 aromatic rings. The van der Waals surface area contributed by atoms with E-state index in [1.165, 1.54) is 0 Å². The first kappa shape index (κ1) is 15.1. The lowest BCUT2D eigenvalue weighted by Gasteiger charge is -2.32. The minimum atomic E-state index is -0.449. The van der Waals surface area contributed by atoms with Gasteiger partial charge in [-0.05, 0) is 31.2 Å². The number of rotatable bonds is 2. The van der Waals surface area contributed by atoms with Crippen molar-refractivity contribution in [2.75, 3.05) is 19.7 Å². The standard InChI is InChI=1S/C16H18N2O3/c1-12-15(20)17-9-10-18(12)16(21)14-7-5-13(6-8-14)4-2-3-11-19/h5-8,12,19H,3,9-11H2,1H3,(H,17,20). The number of piperazine rings is 1. The van der Waals surface area contributed by atoms with E-state index in [4.69, 9.17) is 5.11 Å². The first-order valence-corrected chi connectivity index (χ1v) is 6.92. The van der Waals surface area contributed by atoms with Crippen LogP contribution in [0.5, 0.6) is 0 Å². The van der Waals surface area contributed by atoms with E-state index in [1.54, 1.807) is 36.1 Å². The van der Waals surface area contributed by atoms with Crippen LogP contribution in [0.15, 0.2) is 24.3 Å². The summed E-state index contributed by atoms with van der Waals surface area (Å²) >= 11 is 0. The molecule has 2 amide bonds. The molecule has 0 aliphatic carbocycles. The average Bonchev–Trinajstić information content (AvgIpc) is 2.50. The van der Waals surface area contributed by atoms with Crippen molar-refractivity contribution in [1.29, 1.82) is 0 Å². The van der Waals surface area contributed by atoms with Crippen LogP contribution in [0.25, 0.3) is 0 Å². The fourth-order valence-electron chi connectivity index (χ4n) is 2.14. The Bertz CT molecular complexity index is 584. The molecule has 1 atom stereocenters. The normalized spacial score (nSPS) is 17.7. The summed E-state index contributed by atoms with van der Waals surface area (Å²) in [7, 11) is 0. The average molecular weight is 286 g/mol. The van der Waals surface area contributed by atoms with Crippen LogP contribution < -0.4 is 5.32 Å². The Kier molecular flexibility index (Phi) is 4.96. The van der Waals surface area contributed by atoms with E-state index >= 15 is 0 Å². The molecule has 2 N–H and O–H groups in total. The Balaban J connectivity index is 2.10. The van der Waals surface area contributed by atoms with Gasteiger partial charge in [0.05, 0.1) is 6.61 Å². The lowest BCUT2D eigenvalue weighted by atomic mass is 10.1. The number of aliphatic hydroxyl groups is 1. The third-order valence-corrected chi connectivity index (χ3v) is 3.36. The van der Waals surface area contributed by atoms with Crippen molar-refractivity contribution >= 4 is 11.8 Å². The van der Waals surface area contributed by atoms with Gasteiger partial charge in [0, 0.05) is 30.6 Å². The van der Waals surface area contributed by atoms with Crippen molar-refractivity contribution in [2.45, 2.75) is 19.4 Å². The summed E-state index contributed by atoms with van der Waals surface area (Å²) in [6.07, 6.45) is 0.432. The molecular weight excluding hydrogens is 268 g/mol. The Morgan fingerprint density at radius 1 is 1.43 bits per heavy atom. The van der Waals surface area contributed by atoms with E-state index in [-0.39, 0.29) is 18.4 Å². The SMILES string of the molecule is CC1C(=O)NCCN1C(=O)c1ccc(C#CCCO)cc1. The Morgan fingerprint density at radius 3 is 2.81 bits per heavy atom. The van der Waals surface area contributed by atoms with E-state index in [1.807, 2.05) is 0 Å². The zero-order chi connectivity index (χ0) is 15.2. The number of aliphatic hydroxyl groups excluding tert-OH is 1. The van der Waals surface area contributed by atoms with Gasteiger partial charge in [0.1, 0.15) is 6.04 Å². The molecule has 1 saturated heterocycles. The molecule has 21 heavy (non-hydrogen) atoms. The minimum Gasteiger partial charge on any atom is -0.395 e. The predicted octanol–water partition coefficient (Wildman–Crippen LogP) is 0.381. The molecule has 0 aromatic heterocycles. The third kappa shape index (κ3) is 3.61. The van der Waals surface area contributed by atoms with Gasteiger partial charge in [0.15, 0.2) is 0 Å². The topological polar surface area (TPSA) is 69.6 Å². The third-order valence-electron chi connectivity index (χ3n) is 3.36. The summed E-state index contributed by atoms with van der Waals surface area (Å²) in [4.78, 5) is 25.6. The van der Waals surface area contributed by atoms with Gasteiger partial charge in [0.25, 0.3) is 5.91 Å². The quantitative estimate of drug-likeness (QED) is 0.772. The van der Waals surface area contributed by atoms with Crippen LogP contribution in [0.1, 0.15) is 29.3 Å². The number of carbonyl (C=O) groups is 2. The van der Waals surface area contributed by atoms with Crippen LogP contribution in [-0.2, 0) is 4.79 Å². The molecular formula is C16H18N2O3. The van der Waals surface area contributed by atoms with Gasteiger partial charge in [-0.15, -0.1) is 0 Å². The highest BCUT2D eigenvalue weighted by Gasteiger charge is 2.29. The van der Waals surface area contributed by atoms with Crippen LogP contribution in [0, 0.1) is 11.8 Å². The zero-order valence-corrected chi connectivity index (χ0v) is 11.9. The Hall–Kier alpha value is -2.32. The Morgan fingerprint density at radius 2 is 2.14 bits per heavy atom. The molecule has 1 fully saturated rings. The second-order valence-corrected chi connectivity index (χ2v) is 4.82. The maximum Gasteiger partial charge on any atom is 0.254 e. The van der Waals surface area contributed by atoms with Gasteiger partial charge < -0.3 is 15.3 Å². The fourth-order valence-corrected chi connectivity index (χ4v) is 2.14. The molecule has 0 radical (unpaired) electrons. The van der Waals surface area contributed by atoms with Crippen LogP contribution in [0.3, 0.4) is 0 Å². The molecule has 1 heterocycles. The number of benzene rings is 1. The van der Waals surface area contributed by atoms with Gasteiger partial charge in [-0.25, -0.2) is 0 Å². The summed E-state index contributed by atoms with van der Waals surface area (Å²) in [5.41, 5.74) is 1.34. The number of hydrogen-bond donors (Lipinski definition) is 2. The van der Waals surface area contributed by atoms with Gasteiger partial charge in [-0.1, -0.05) is 11.8 Å². The van der Waals surface area contributed by atoms with Crippen LogP contribution >= 0.6 is 0 Å². The summed E-state index contributed by atoms with van der Waals surface area (Å²) in [5, 5.41) is 11.4. The molecule has 1 aromatic carbocycles. The van der Waals surface area contributed by atoms with Gasteiger partial charge in [-0.3, -0.25) is 9.59 Å². The number of amides is 2. The molecule has 1 unspecified atom stereocenters.